The van der Waals surface area contributed by atoms with Crippen LogP contribution in [-0.2, 0) is 21.8 Å². The van der Waals surface area contributed by atoms with Crippen LogP contribution in [0.4, 0.5) is 0 Å². The Morgan fingerprint density at radius 3 is 2.73 bits per heavy atom. The first-order chi connectivity index (χ1) is 12.4. The predicted molar refractivity (Wildman–Crippen MR) is 95.6 cm³/mol. The minimum atomic E-state index is -3.66. The molecule has 1 aromatic carbocycles. The van der Waals surface area contributed by atoms with Crippen LogP contribution in [0.5, 0.6) is 0 Å². The molecule has 2 aliphatic heterocycles. The van der Waals surface area contributed by atoms with Gasteiger partial charge in [0.2, 0.25) is 10.0 Å². The van der Waals surface area contributed by atoms with Gasteiger partial charge in [-0.25, -0.2) is 17.9 Å². The van der Waals surface area contributed by atoms with Crippen LogP contribution in [0.1, 0.15) is 19.3 Å². The summed E-state index contributed by atoms with van der Waals surface area (Å²) in [6, 6.07) is 4.85. The Labute approximate surface area is 151 Å². The number of aryl methyl sites for hydroxylation is 1. The molecule has 0 spiro atoms. The van der Waals surface area contributed by atoms with Gasteiger partial charge in [-0.3, -0.25) is 9.47 Å². The van der Waals surface area contributed by atoms with Crippen molar-refractivity contribution in [2.45, 2.75) is 36.2 Å². The standard InChI is InChI=1S/C17H23N3O5S/c1-19-15-10-14(2-3-16(15)25-17(19)21)26(22,23)18-12-4-7-20(11-12)13-5-8-24-9-6-13/h2-3,10,12-13,18H,4-9,11H2,1H3. The second-order valence-electron chi connectivity index (χ2n) is 7.00. The van der Waals surface area contributed by atoms with Crippen LogP contribution in [0.2, 0.25) is 0 Å². The molecular weight excluding hydrogens is 358 g/mol. The SMILES string of the molecule is Cn1c(=O)oc2ccc(S(=O)(=O)NC3CCN(C4CCOCC4)C3)cc21. The number of nitrogens with zero attached hydrogens (tertiary/aromatic N) is 2. The summed E-state index contributed by atoms with van der Waals surface area (Å²) in [5.74, 6) is -0.509. The zero-order chi connectivity index (χ0) is 18.3. The molecule has 0 bridgehead atoms. The van der Waals surface area contributed by atoms with E-state index in [-0.39, 0.29) is 10.9 Å². The molecule has 3 heterocycles. The molecule has 0 saturated carbocycles. The number of nitrogens with one attached hydrogen (secondary N) is 1. The van der Waals surface area contributed by atoms with Crippen molar-refractivity contribution in [1.29, 1.82) is 0 Å². The zero-order valence-corrected chi connectivity index (χ0v) is 15.5. The molecule has 2 aromatic rings. The highest BCUT2D eigenvalue weighted by Crippen LogP contribution is 2.22. The summed E-state index contributed by atoms with van der Waals surface area (Å²) in [6.07, 6.45) is 2.80. The summed E-state index contributed by atoms with van der Waals surface area (Å²) < 4.78 is 40.1. The molecule has 0 aliphatic carbocycles. The molecule has 1 atom stereocenters. The quantitative estimate of drug-likeness (QED) is 0.836. The molecule has 2 saturated heterocycles. The Hall–Kier alpha value is -1.68. The maximum absolute atomic E-state index is 12.8. The smallest absolute Gasteiger partial charge is 0.408 e. The minimum Gasteiger partial charge on any atom is -0.408 e. The first kappa shape index (κ1) is 17.7. The number of hydrogen-bond acceptors (Lipinski definition) is 6. The Morgan fingerprint density at radius 2 is 1.96 bits per heavy atom. The summed E-state index contributed by atoms with van der Waals surface area (Å²) in [5.41, 5.74) is 0.844. The number of ether oxygens (including phenoxy) is 1. The van der Waals surface area contributed by atoms with E-state index in [1.165, 1.54) is 22.8 Å². The van der Waals surface area contributed by atoms with Gasteiger partial charge in [-0.05, 0) is 37.5 Å². The van der Waals surface area contributed by atoms with Crippen LogP contribution in [0, 0.1) is 0 Å². The van der Waals surface area contributed by atoms with Gasteiger partial charge in [0.25, 0.3) is 0 Å². The zero-order valence-electron chi connectivity index (χ0n) is 14.7. The number of aromatic nitrogens is 1. The van der Waals surface area contributed by atoms with Crippen molar-refractivity contribution in [2.24, 2.45) is 7.05 Å². The predicted octanol–water partition coefficient (Wildman–Crippen LogP) is 0.663. The number of likely N-dealkylation sites (tertiary alicyclic amines) is 1. The molecule has 2 fully saturated rings. The van der Waals surface area contributed by atoms with Gasteiger partial charge in [0, 0.05) is 45.4 Å². The van der Waals surface area contributed by atoms with Gasteiger partial charge in [-0.2, -0.15) is 0 Å². The summed E-state index contributed by atoms with van der Waals surface area (Å²) in [5, 5.41) is 0. The van der Waals surface area contributed by atoms with E-state index in [9.17, 15) is 13.2 Å². The van der Waals surface area contributed by atoms with Gasteiger partial charge in [0.1, 0.15) is 0 Å². The third-order valence-corrected chi connectivity index (χ3v) is 6.84. The van der Waals surface area contributed by atoms with Gasteiger partial charge >= 0.3 is 5.76 Å². The van der Waals surface area contributed by atoms with E-state index in [1.54, 1.807) is 7.05 Å². The summed E-state index contributed by atoms with van der Waals surface area (Å²) in [7, 11) is -2.10. The topological polar surface area (TPSA) is 93.8 Å². The van der Waals surface area contributed by atoms with Crippen LogP contribution in [0.3, 0.4) is 0 Å². The minimum absolute atomic E-state index is 0.105. The van der Waals surface area contributed by atoms with Crippen LogP contribution in [-0.4, -0.2) is 56.3 Å². The van der Waals surface area contributed by atoms with Gasteiger partial charge in [-0.1, -0.05) is 0 Å². The summed E-state index contributed by atoms with van der Waals surface area (Å²) >= 11 is 0. The Bertz CT molecular complexity index is 958. The fourth-order valence-corrected chi connectivity index (χ4v) is 5.11. The molecular formula is C17H23N3O5S. The Kier molecular flexibility index (Phi) is 4.64. The van der Waals surface area contributed by atoms with Crippen molar-refractivity contribution in [3.63, 3.8) is 0 Å². The first-order valence-corrected chi connectivity index (χ1v) is 10.4. The molecule has 1 aromatic heterocycles. The van der Waals surface area contributed by atoms with E-state index in [4.69, 9.17) is 9.15 Å². The first-order valence-electron chi connectivity index (χ1n) is 8.88. The van der Waals surface area contributed by atoms with Crippen molar-refractivity contribution in [3.8, 4) is 0 Å². The van der Waals surface area contributed by atoms with E-state index in [0.29, 0.717) is 17.1 Å². The van der Waals surface area contributed by atoms with E-state index in [2.05, 4.69) is 9.62 Å². The van der Waals surface area contributed by atoms with E-state index >= 15 is 0 Å². The fraction of sp³-hybridized carbons (Fsp3) is 0.588. The average Bonchev–Trinajstić information content (AvgIpc) is 3.20. The van der Waals surface area contributed by atoms with Crippen molar-refractivity contribution < 1.29 is 17.6 Å². The van der Waals surface area contributed by atoms with Crippen molar-refractivity contribution in [2.75, 3.05) is 26.3 Å². The molecule has 1 unspecified atom stereocenters. The molecule has 0 amide bonds. The maximum atomic E-state index is 12.8. The van der Waals surface area contributed by atoms with Crippen LogP contribution in [0.15, 0.2) is 32.3 Å². The molecule has 2 aliphatic rings. The lowest BCUT2D eigenvalue weighted by molar-refractivity contribution is 0.0418. The van der Waals surface area contributed by atoms with Gasteiger partial charge in [0.05, 0.1) is 10.4 Å². The third-order valence-electron chi connectivity index (χ3n) is 5.32. The van der Waals surface area contributed by atoms with E-state index in [0.717, 1.165) is 45.6 Å². The van der Waals surface area contributed by atoms with Crippen molar-refractivity contribution in [1.82, 2.24) is 14.2 Å². The van der Waals surface area contributed by atoms with E-state index < -0.39 is 15.8 Å². The lowest BCUT2D eigenvalue weighted by Gasteiger charge is -2.31. The average molecular weight is 381 g/mol. The summed E-state index contributed by atoms with van der Waals surface area (Å²) in [4.78, 5) is 14.1. The van der Waals surface area contributed by atoms with Gasteiger partial charge in [-0.15, -0.1) is 0 Å². The normalized spacial score (nSPS) is 23.0. The maximum Gasteiger partial charge on any atom is 0.419 e. The molecule has 8 nitrogen and oxygen atoms in total. The molecule has 4 rings (SSSR count). The Morgan fingerprint density at radius 1 is 1.19 bits per heavy atom. The number of rotatable bonds is 4. The fourth-order valence-electron chi connectivity index (χ4n) is 3.83. The number of sulfonamides is 1. The second kappa shape index (κ2) is 6.80. The molecule has 26 heavy (non-hydrogen) atoms. The van der Waals surface area contributed by atoms with Gasteiger partial charge < -0.3 is 9.15 Å². The monoisotopic (exact) mass is 381 g/mol. The number of oxazole rings is 1. The molecule has 9 heteroatoms. The lowest BCUT2D eigenvalue weighted by Crippen LogP contribution is -2.41. The van der Waals surface area contributed by atoms with Crippen LogP contribution < -0.4 is 10.5 Å². The highest BCUT2D eigenvalue weighted by molar-refractivity contribution is 7.89. The highest BCUT2D eigenvalue weighted by atomic mass is 32.2. The number of fused-ring (bicyclic) bond motifs is 1. The summed E-state index contributed by atoms with van der Waals surface area (Å²) in [6.45, 7) is 3.17. The number of hydrogen-bond donors (Lipinski definition) is 1. The largest absolute Gasteiger partial charge is 0.419 e. The van der Waals surface area contributed by atoms with Crippen molar-refractivity contribution in [3.05, 3.63) is 28.7 Å². The van der Waals surface area contributed by atoms with Crippen LogP contribution >= 0.6 is 0 Å². The molecule has 0 radical (unpaired) electrons. The van der Waals surface area contributed by atoms with Crippen LogP contribution in [0.25, 0.3) is 11.1 Å². The Balaban J connectivity index is 1.49. The third kappa shape index (κ3) is 3.32. The number of benzene rings is 1. The molecule has 142 valence electrons. The van der Waals surface area contributed by atoms with Gasteiger partial charge in [0.15, 0.2) is 5.58 Å². The molecule has 1 N–H and O–H groups in total. The van der Waals surface area contributed by atoms with E-state index in [1.807, 2.05) is 0 Å². The highest BCUT2D eigenvalue weighted by Gasteiger charge is 2.32. The van der Waals surface area contributed by atoms with Crippen molar-refractivity contribution >= 4 is 21.1 Å². The second-order valence-corrected chi connectivity index (χ2v) is 8.72. The lowest BCUT2D eigenvalue weighted by atomic mass is 10.1.